The molecule has 38 valence electrons. The summed E-state index contributed by atoms with van der Waals surface area (Å²) in [5.74, 6) is 3.50. The molecule has 0 spiro atoms. The van der Waals surface area contributed by atoms with Crippen molar-refractivity contribution >= 4 is 7.32 Å². The highest BCUT2D eigenvalue weighted by Crippen LogP contribution is 1.40. The number of nitrogens with two attached hydrogens (primary N) is 1. The third-order valence-corrected chi connectivity index (χ3v) is 0. The van der Waals surface area contributed by atoms with Crippen molar-refractivity contribution in [2.45, 2.75) is 0 Å². The van der Waals surface area contributed by atoms with Crippen LogP contribution in [0.15, 0.2) is 0 Å². The molecule has 0 aromatic carbocycles. The third-order valence-electron chi connectivity index (χ3n) is 0. The van der Waals surface area contributed by atoms with E-state index in [1.54, 1.807) is 0 Å². The van der Waals surface area contributed by atoms with E-state index in [0.717, 1.165) is 0 Å². The SMILES string of the molecule is NO.OB(O)O. The van der Waals surface area contributed by atoms with Gasteiger partial charge in [0.2, 0.25) is 0 Å². The fourth-order valence-corrected chi connectivity index (χ4v) is 0. The molecule has 0 aliphatic rings. The molecular weight excluding hydrogens is 88.8 g/mol. The quantitative estimate of drug-likeness (QED) is 0.166. The van der Waals surface area contributed by atoms with Crippen LogP contribution in [0, 0.1) is 0 Å². The Hall–Kier alpha value is -0.135. The molecule has 0 bridgehead atoms. The first-order valence-electron chi connectivity index (χ1n) is 1.03. The number of hydrogen-bond donors (Lipinski definition) is 5. The average molecular weight is 94.9 g/mol. The minimum Gasteiger partial charge on any atom is -0.402 e. The zero-order valence-corrected chi connectivity index (χ0v) is 2.94. The van der Waals surface area contributed by atoms with Crippen LogP contribution in [-0.2, 0) is 0 Å². The van der Waals surface area contributed by atoms with Crippen LogP contribution in [-0.4, -0.2) is 27.6 Å². The molecule has 0 radical (unpaired) electrons. The molecule has 5 nitrogen and oxygen atoms in total. The summed E-state index contributed by atoms with van der Waals surface area (Å²) in [7, 11) is -2.17. The van der Waals surface area contributed by atoms with Crippen LogP contribution in [0.4, 0.5) is 0 Å². The normalized spacial score (nSPS) is 5.50. The van der Waals surface area contributed by atoms with Gasteiger partial charge in [0.15, 0.2) is 0 Å². The lowest BCUT2D eigenvalue weighted by atomic mass is 10.3. The van der Waals surface area contributed by atoms with Crippen molar-refractivity contribution in [2.24, 2.45) is 5.90 Å². The minimum atomic E-state index is -2.17. The van der Waals surface area contributed by atoms with Gasteiger partial charge in [-0.25, -0.2) is 5.90 Å². The first-order valence-corrected chi connectivity index (χ1v) is 1.03. The lowest BCUT2D eigenvalue weighted by Gasteiger charge is -1.69. The van der Waals surface area contributed by atoms with Crippen LogP contribution >= 0.6 is 0 Å². The summed E-state index contributed by atoms with van der Waals surface area (Å²) in [5.41, 5.74) is 0. The van der Waals surface area contributed by atoms with Crippen molar-refractivity contribution in [3.8, 4) is 0 Å². The van der Waals surface area contributed by atoms with E-state index in [2.05, 4.69) is 5.90 Å². The van der Waals surface area contributed by atoms with E-state index in [1.165, 1.54) is 0 Å². The van der Waals surface area contributed by atoms with Crippen LogP contribution in [0.25, 0.3) is 0 Å². The predicted octanol–water partition coefficient (Wildman–Crippen LogP) is -2.72. The summed E-state index contributed by atoms with van der Waals surface area (Å²) in [6.07, 6.45) is 0. The molecule has 0 saturated carbocycles. The van der Waals surface area contributed by atoms with Crippen LogP contribution in [0.1, 0.15) is 0 Å². The first-order chi connectivity index (χ1) is 2.73. The second kappa shape index (κ2) is 8.85. The van der Waals surface area contributed by atoms with Gasteiger partial charge in [0.05, 0.1) is 0 Å². The van der Waals surface area contributed by atoms with Gasteiger partial charge >= 0.3 is 7.32 Å². The van der Waals surface area contributed by atoms with Gasteiger partial charge in [-0.3, -0.25) is 0 Å². The van der Waals surface area contributed by atoms with Gasteiger partial charge in [-0.1, -0.05) is 0 Å². The lowest BCUT2D eigenvalue weighted by molar-refractivity contribution is 0.278. The Morgan fingerprint density at radius 1 is 1.00 bits per heavy atom. The standard InChI is InChI=1S/BH3O3.H3NO/c2-1(3)4;1-2/h2-4H;2H,1H2. The highest BCUT2D eigenvalue weighted by molar-refractivity contribution is 6.30. The minimum absolute atomic E-state index is 2.17. The van der Waals surface area contributed by atoms with E-state index in [4.69, 9.17) is 20.3 Å². The van der Waals surface area contributed by atoms with Crippen LogP contribution < -0.4 is 5.90 Å². The monoisotopic (exact) mass is 95.0 g/mol. The smallest absolute Gasteiger partial charge is 0.402 e. The van der Waals surface area contributed by atoms with Gasteiger partial charge in [-0.05, 0) is 0 Å². The third kappa shape index (κ3) is 1740. The molecule has 0 unspecified atom stereocenters. The number of rotatable bonds is 0. The summed E-state index contributed by atoms with van der Waals surface area (Å²) in [6.45, 7) is 0. The van der Waals surface area contributed by atoms with E-state index in [9.17, 15) is 0 Å². The van der Waals surface area contributed by atoms with Crippen molar-refractivity contribution in [1.82, 2.24) is 0 Å². The van der Waals surface area contributed by atoms with Gasteiger partial charge in [-0.15, -0.1) is 0 Å². The van der Waals surface area contributed by atoms with E-state index < -0.39 is 7.32 Å². The first kappa shape index (κ1) is 9.29. The Morgan fingerprint density at radius 2 is 1.00 bits per heavy atom. The maximum absolute atomic E-state index is 7.17. The lowest BCUT2D eigenvalue weighted by Crippen LogP contribution is -2.07. The van der Waals surface area contributed by atoms with Crippen molar-refractivity contribution in [1.29, 1.82) is 0 Å². The zero-order chi connectivity index (χ0) is 5.58. The maximum Gasteiger partial charge on any atom is 0.631 e. The molecule has 0 heterocycles. The van der Waals surface area contributed by atoms with E-state index in [-0.39, 0.29) is 0 Å². The summed E-state index contributed by atoms with van der Waals surface area (Å²) >= 11 is 0. The summed E-state index contributed by atoms with van der Waals surface area (Å²) in [5, 5.41) is 28.0. The molecule has 0 amide bonds. The second-order valence-corrected chi connectivity index (χ2v) is 0.346. The Kier molecular flexibility index (Phi) is 13.7. The van der Waals surface area contributed by atoms with Gasteiger partial charge < -0.3 is 20.3 Å². The van der Waals surface area contributed by atoms with E-state index in [1.807, 2.05) is 0 Å². The van der Waals surface area contributed by atoms with Crippen molar-refractivity contribution in [2.75, 3.05) is 0 Å². The molecule has 6 heteroatoms. The van der Waals surface area contributed by atoms with E-state index >= 15 is 0 Å². The largest absolute Gasteiger partial charge is 0.631 e. The van der Waals surface area contributed by atoms with Crippen LogP contribution in [0.5, 0.6) is 0 Å². The van der Waals surface area contributed by atoms with Crippen molar-refractivity contribution < 1.29 is 20.3 Å². The molecule has 0 fully saturated rings. The Labute approximate surface area is 34.8 Å². The average Bonchev–Trinajstić information content (AvgIpc) is 1.41. The highest BCUT2D eigenvalue weighted by atomic mass is 16.5. The fraction of sp³-hybridized carbons (Fsp3) is 0. The summed E-state index contributed by atoms with van der Waals surface area (Å²) in [6, 6.07) is 0. The van der Waals surface area contributed by atoms with Crippen LogP contribution in [0.2, 0.25) is 0 Å². The van der Waals surface area contributed by atoms with Gasteiger partial charge in [0, 0.05) is 0 Å². The molecule has 0 rings (SSSR count). The highest BCUT2D eigenvalue weighted by Gasteiger charge is 1.92. The molecule has 0 aliphatic heterocycles. The van der Waals surface area contributed by atoms with Gasteiger partial charge in [0.1, 0.15) is 0 Å². The van der Waals surface area contributed by atoms with Crippen molar-refractivity contribution in [3.05, 3.63) is 0 Å². The Balaban J connectivity index is 0. The molecule has 0 aliphatic carbocycles. The Bertz CT molecular complexity index is 12.3. The molecule has 0 aromatic rings. The van der Waals surface area contributed by atoms with E-state index in [0.29, 0.717) is 0 Å². The number of hydrogen-bond acceptors (Lipinski definition) is 5. The fourth-order valence-electron chi connectivity index (χ4n) is 0. The van der Waals surface area contributed by atoms with Crippen molar-refractivity contribution in [3.63, 3.8) is 0 Å². The van der Waals surface area contributed by atoms with Gasteiger partial charge in [0.25, 0.3) is 0 Å². The molecule has 6 heavy (non-hydrogen) atoms. The zero-order valence-electron chi connectivity index (χ0n) is 2.94. The second-order valence-electron chi connectivity index (χ2n) is 0.346. The molecule has 0 atom stereocenters. The molecular formula is H6BNO4. The molecule has 0 aromatic heterocycles. The topological polar surface area (TPSA) is 107 Å². The maximum atomic E-state index is 7.17. The van der Waals surface area contributed by atoms with Gasteiger partial charge in [-0.2, -0.15) is 0 Å². The Morgan fingerprint density at radius 3 is 1.00 bits per heavy atom. The summed E-state index contributed by atoms with van der Waals surface area (Å²) in [4.78, 5) is 0. The molecule has 0 saturated heterocycles. The van der Waals surface area contributed by atoms with Crippen LogP contribution in [0.3, 0.4) is 0 Å². The predicted molar refractivity (Wildman–Crippen MR) is 18.4 cm³/mol. The molecule has 6 N–H and O–H groups in total. The summed E-state index contributed by atoms with van der Waals surface area (Å²) < 4.78 is 0.